The molecule has 0 aliphatic heterocycles. The maximum absolute atomic E-state index is 11.8. The van der Waals surface area contributed by atoms with Gasteiger partial charge in [-0.1, -0.05) is 35.4 Å². The normalized spacial score (nSPS) is 12.4. The van der Waals surface area contributed by atoms with Crippen LogP contribution in [0.25, 0.3) is 0 Å². The van der Waals surface area contributed by atoms with Gasteiger partial charge in [0.1, 0.15) is 24.7 Å². The van der Waals surface area contributed by atoms with Gasteiger partial charge in [0, 0.05) is 24.2 Å². The van der Waals surface area contributed by atoms with Gasteiger partial charge in [-0.25, -0.2) is 9.59 Å². The van der Waals surface area contributed by atoms with E-state index in [1.165, 1.54) is 12.1 Å². The number of nitrogens with zero attached hydrogens (tertiary/aromatic N) is 2. The summed E-state index contributed by atoms with van der Waals surface area (Å²) in [4.78, 5) is 44.6. The Kier molecular flexibility index (Phi) is 12.1. The molecular weight excluding hydrogens is 575 g/mol. The fourth-order valence-electron chi connectivity index (χ4n) is 3.19. The zero-order valence-corrected chi connectivity index (χ0v) is 22.8. The van der Waals surface area contributed by atoms with Crippen LogP contribution in [-0.2, 0) is 9.47 Å². The number of methoxy groups -OCH3 is 2. The quantitative estimate of drug-likeness (QED) is 0.137. The fraction of sp³-hybridized carbons (Fsp3) is 0.333. The van der Waals surface area contributed by atoms with Crippen molar-refractivity contribution in [1.29, 1.82) is 0 Å². The minimum Gasteiger partial charge on any atom is -0.490 e. The van der Waals surface area contributed by atoms with Crippen molar-refractivity contribution < 1.29 is 38.4 Å². The molecule has 4 N–H and O–H groups in total. The Morgan fingerprint density at radius 1 is 0.800 bits per heavy atom. The van der Waals surface area contributed by atoms with Gasteiger partial charge in [0.2, 0.25) is 0 Å². The molecule has 16 heteroatoms. The number of nitro benzene ring substituents is 2. The van der Waals surface area contributed by atoms with E-state index in [9.17, 15) is 29.8 Å². The summed E-state index contributed by atoms with van der Waals surface area (Å²) in [6.07, 6.45) is 4.14. The second kappa shape index (κ2) is 15.0. The number of esters is 2. The maximum Gasteiger partial charge on any atom is 0.338 e. The molecule has 0 fully saturated rings. The van der Waals surface area contributed by atoms with E-state index in [1.54, 1.807) is 12.2 Å². The van der Waals surface area contributed by atoms with Crippen LogP contribution in [0.4, 0.5) is 11.4 Å². The third-order valence-electron chi connectivity index (χ3n) is 5.23. The van der Waals surface area contributed by atoms with E-state index < -0.39 is 45.2 Å². The highest BCUT2D eigenvalue weighted by molar-refractivity contribution is 6.34. The number of rotatable bonds is 14. The van der Waals surface area contributed by atoms with Crippen LogP contribution in [0.15, 0.2) is 36.4 Å². The van der Waals surface area contributed by atoms with E-state index in [0.29, 0.717) is 12.8 Å². The molecule has 0 bridgehead atoms. The molecule has 40 heavy (non-hydrogen) atoms. The number of halogens is 2. The van der Waals surface area contributed by atoms with Crippen molar-refractivity contribution in [2.24, 2.45) is 11.5 Å². The van der Waals surface area contributed by atoms with Crippen molar-refractivity contribution in [1.82, 2.24) is 0 Å². The summed E-state index contributed by atoms with van der Waals surface area (Å²) in [5.74, 6) is -1.78. The van der Waals surface area contributed by atoms with Crippen molar-refractivity contribution in [3.8, 4) is 11.5 Å². The van der Waals surface area contributed by atoms with Crippen LogP contribution in [0.3, 0.4) is 0 Å². The molecule has 2 aromatic rings. The average molecular weight is 601 g/mol. The first kappa shape index (κ1) is 32.2. The largest absolute Gasteiger partial charge is 0.490 e. The lowest BCUT2D eigenvalue weighted by atomic mass is 10.1. The van der Waals surface area contributed by atoms with E-state index >= 15 is 0 Å². The molecule has 216 valence electrons. The molecule has 0 saturated carbocycles. The lowest BCUT2D eigenvalue weighted by Gasteiger charge is -2.14. The monoisotopic (exact) mass is 600 g/mol. The number of nitrogens with two attached hydrogens (primary N) is 2. The third-order valence-corrected chi connectivity index (χ3v) is 5.99. The molecule has 0 amide bonds. The molecule has 0 saturated heterocycles. The molecule has 2 atom stereocenters. The van der Waals surface area contributed by atoms with Gasteiger partial charge in [-0.3, -0.25) is 20.2 Å². The number of carbonyl (C=O) groups excluding carboxylic acids is 2. The van der Waals surface area contributed by atoms with Crippen LogP contribution < -0.4 is 20.9 Å². The smallest absolute Gasteiger partial charge is 0.338 e. The zero-order valence-electron chi connectivity index (χ0n) is 21.3. The van der Waals surface area contributed by atoms with Crippen molar-refractivity contribution >= 4 is 46.5 Å². The molecule has 0 aromatic heterocycles. The summed E-state index contributed by atoms with van der Waals surface area (Å²) >= 11 is 12.1. The van der Waals surface area contributed by atoms with Crippen molar-refractivity contribution in [3.05, 3.63) is 77.8 Å². The van der Waals surface area contributed by atoms with Gasteiger partial charge in [0.25, 0.3) is 11.4 Å². The minimum absolute atomic E-state index is 0.0746. The van der Waals surface area contributed by atoms with Gasteiger partial charge in [-0.05, 0) is 25.0 Å². The molecular formula is C24H26Cl2N4O10. The molecule has 0 heterocycles. The Hall–Kier alpha value is -3.98. The van der Waals surface area contributed by atoms with Crippen LogP contribution in [0, 0.1) is 20.2 Å². The molecule has 14 nitrogen and oxygen atoms in total. The average Bonchev–Trinajstić information content (AvgIpc) is 2.92. The van der Waals surface area contributed by atoms with E-state index in [0.717, 1.165) is 26.4 Å². The third kappa shape index (κ3) is 8.77. The second-order valence-corrected chi connectivity index (χ2v) is 8.95. The van der Waals surface area contributed by atoms with E-state index in [-0.39, 0.29) is 45.9 Å². The molecule has 0 unspecified atom stereocenters. The van der Waals surface area contributed by atoms with Crippen LogP contribution in [0.2, 0.25) is 10.0 Å². The lowest BCUT2D eigenvalue weighted by molar-refractivity contribution is -0.384. The van der Waals surface area contributed by atoms with Gasteiger partial charge in [-0.2, -0.15) is 0 Å². The molecule has 0 aliphatic carbocycles. The number of ether oxygens (including phenoxy) is 4. The summed E-state index contributed by atoms with van der Waals surface area (Å²) < 4.78 is 20.2. The minimum atomic E-state index is -0.797. The van der Waals surface area contributed by atoms with Crippen molar-refractivity contribution in [3.63, 3.8) is 0 Å². The first-order valence-corrected chi connectivity index (χ1v) is 12.2. The predicted molar refractivity (Wildman–Crippen MR) is 144 cm³/mol. The Balaban J connectivity index is 1.93. The first-order chi connectivity index (χ1) is 18.9. The van der Waals surface area contributed by atoms with Crippen LogP contribution in [0.1, 0.15) is 33.6 Å². The molecule has 2 aromatic carbocycles. The summed E-state index contributed by atoms with van der Waals surface area (Å²) in [5, 5.41) is 21.9. The Labute approximate surface area is 238 Å². The standard InChI is InChI=1S/C24H26Cl2N4O10/c1-37-23(31)13-7-17(29(33)34)21(25)19(9-13)39-11-15(27)5-3-4-6-16(28)12-40-20-10-14(24(32)38-2)8-18(22(20)26)30(35)36/h3-4,7-10,15-16H,5-6,11-12,27-28H2,1-2H3/b4-3+/t15-,16-/m0/s1. The number of carbonyl (C=O) groups is 2. The Morgan fingerprint density at radius 3 is 1.45 bits per heavy atom. The predicted octanol–water partition coefficient (Wildman–Crippen LogP) is 3.83. The Bertz CT molecular complexity index is 1210. The fourth-order valence-corrected chi connectivity index (χ4v) is 3.65. The van der Waals surface area contributed by atoms with E-state index in [4.69, 9.17) is 44.1 Å². The van der Waals surface area contributed by atoms with E-state index in [1.807, 2.05) is 0 Å². The number of benzene rings is 2. The van der Waals surface area contributed by atoms with Crippen LogP contribution >= 0.6 is 23.2 Å². The van der Waals surface area contributed by atoms with Crippen LogP contribution in [0.5, 0.6) is 11.5 Å². The first-order valence-electron chi connectivity index (χ1n) is 11.4. The van der Waals surface area contributed by atoms with Gasteiger partial charge in [-0.15, -0.1) is 0 Å². The second-order valence-electron chi connectivity index (χ2n) is 8.20. The van der Waals surface area contributed by atoms with Gasteiger partial charge in [0.05, 0.1) is 35.2 Å². The summed E-state index contributed by atoms with van der Waals surface area (Å²) in [6, 6.07) is 3.35. The summed E-state index contributed by atoms with van der Waals surface area (Å²) in [5.41, 5.74) is 10.8. The van der Waals surface area contributed by atoms with Crippen molar-refractivity contribution in [2.75, 3.05) is 27.4 Å². The number of nitro groups is 2. The summed E-state index contributed by atoms with van der Waals surface area (Å²) in [6.45, 7) is -0.149. The molecule has 2 rings (SSSR count). The highest BCUT2D eigenvalue weighted by Crippen LogP contribution is 2.36. The van der Waals surface area contributed by atoms with Gasteiger partial charge in [0.15, 0.2) is 10.0 Å². The van der Waals surface area contributed by atoms with Gasteiger partial charge >= 0.3 is 11.9 Å². The van der Waals surface area contributed by atoms with E-state index in [2.05, 4.69) is 9.47 Å². The molecule has 0 radical (unpaired) electrons. The SMILES string of the molecule is COC(=O)c1cc(OC[C@@H](N)C/C=C/C[C@H](N)COc2cc(C(=O)OC)cc([N+](=O)[O-])c2Cl)c(Cl)c([N+](=O)[O-])c1. The topological polar surface area (TPSA) is 209 Å². The molecule has 0 aliphatic rings. The highest BCUT2D eigenvalue weighted by atomic mass is 35.5. The van der Waals surface area contributed by atoms with Crippen LogP contribution in [-0.4, -0.2) is 61.3 Å². The molecule has 0 spiro atoms. The highest BCUT2D eigenvalue weighted by Gasteiger charge is 2.24. The zero-order chi connectivity index (χ0) is 30.0. The van der Waals surface area contributed by atoms with Crippen molar-refractivity contribution in [2.45, 2.75) is 24.9 Å². The maximum atomic E-state index is 11.8. The lowest BCUT2D eigenvalue weighted by Crippen LogP contribution is -2.28. The number of hydrogen-bond acceptors (Lipinski definition) is 12. The Morgan fingerprint density at radius 2 is 1.15 bits per heavy atom. The van der Waals surface area contributed by atoms with Gasteiger partial charge < -0.3 is 30.4 Å². The summed E-state index contributed by atoms with van der Waals surface area (Å²) in [7, 11) is 2.26. The number of hydrogen-bond donors (Lipinski definition) is 2.